The molecular formula is C17H18BWY-2. The van der Waals surface area contributed by atoms with Crippen molar-refractivity contribution >= 4 is 13.4 Å². The smallest absolute Gasteiger partial charge is 0.379 e. The van der Waals surface area contributed by atoms with E-state index < -0.39 is 0 Å². The Balaban J connectivity index is -0.000000689. The molecule has 0 unspecified atom stereocenters. The summed E-state index contributed by atoms with van der Waals surface area (Å²) < 4.78 is 0. The molecule has 0 saturated heterocycles. The van der Waals surface area contributed by atoms with Crippen LogP contribution in [0, 0.1) is 24.2 Å². The van der Waals surface area contributed by atoms with Gasteiger partial charge in [-0.1, -0.05) is 13.8 Å². The van der Waals surface area contributed by atoms with E-state index in [0.29, 0.717) is 0 Å². The minimum atomic E-state index is 0. The van der Waals surface area contributed by atoms with Crippen LogP contribution in [0.25, 0.3) is 6.08 Å². The van der Waals surface area contributed by atoms with Crippen molar-refractivity contribution in [1.82, 2.24) is 0 Å². The second kappa shape index (κ2) is 21.3. The number of rotatable bonds is 5. The molecule has 3 heteroatoms. The zero-order valence-electron chi connectivity index (χ0n) is 12.3. The van der Waals surface area contributed by atoms with Gasteiger partial charge in [0.1, 0.15) is 0 Å². The second-order valence-corrected chi connectivity index (χ2v) is 2.92. The van der Waals surface area contributed by atoms with Crippen LogP contribution < -0.4 is 0 Å². The fourth-order valence-corrected chi connectivity index (χ4v) is 0.979. The van der Waals surface area contributed by atoms with Crippen LogP contribution in [0.4, 0.5) is 0 Å². The molecule has 0 atom stereocenters. The first-order valence-electron chi connectivity index (χ1n) is 6.09. The monoisotopic (exact) mass is 506 g/mol. The summed E-state index contributed by atoms with van der Waals surface area (Å²) >= 11 is 0. The van der Waals surface area contributed by atoms with Gasteiger partial charge in [-0.25, -0.2) is 6.07 Å². The third-order valence-corrected chi connectivity index (χ3v) is 1.69. The van der Waals surface area contributed by atoms with E-state index in [9.17, 15) is 0 Å². The van der Waals surface area contributed by atoms with Crippen LogP contribution in [0.3, 0.4) is 0 Å². The Hall–Kier alpha value is 0.0371. The Morgan fingerprint density at radius 2 is 1.80 bits per heavy atom. The molecule has 0 heterocycles. The van der Waals surface area contributed by atoms with Crippen molar-refractivity contribution in [2.75, 3.05) is 0 Å². The molecule has 0 aliphatic carbocycles. The minimum absolute atomic E-state index is 0. The molecule has 0 nitrogen and oxygen atoms in total. The number of hydrogen-bond acceptors (Lipinski definition) is 0. The molecule has 0 aliphatic rings. The van der Waals surface area contributed by atoms with E-state index in [0.717, 1.165) is 5.56 Å². The number of hydrogen-bond donors (Lipinski definition) is 0. The van der Waals surface area contributed by atoms with E-state index in [1.54, 1.807) is 24.3 Å². The minimum Gasteiger partial charge on any atom is -0.379 e. The van der Waals surface area contributed by atoms with Crippen molar-refractivity contribution in [3.8, 4) is 0 Å². The van der Waals surface area contributed by atoms with Crippen LogP contribution >= 0.6 is 0 Å². The molecule has 20 heavy (non-hydrogen) atoms. The fraction of sp³-hybridized carbons (Fsp3) is 0.176. The molecular weight excluding hydrogens is 488 g/mol. The van der Waals surface area contributed by atoms with Gasteiger partial charge in [0.15, 0.2) is 0 Å². The molecule has 1 aromatic carbocycles. The first-order valence-corrected chi connectivity index (χ1v) is 6.09. The summed E-state index contributed by atoms with van der Waals surface area (Å²) in [6.45, 7) is 5.92. The van der Waals surface area contributed by atoms with Gasteiger partial charge in [-0.3, -0.25) is 23.8 Å². The summed E-state index contributed by atoms with van der Waals surface area (Å²) in [6, 6.07) is 10.9. The number of benzene rings is 1. The Labute approximate surface area is 164 Å². The topological polar surface area (TPSA) is 0 Å². The van der Waals surface area contributed by atoms with Crippen LogP contribution in [-0.4, -0.2) is 7.28 Å². The Morgan fingerprint density at radius 3 is 2.40 bits per heavy atom. The molecule has 1 aromatic rings. The molecule has 1 rings (SSSR count). The average molecular weight is 506 g/mol. The van der Waals surface area contributed by atoms with Gasteiger partial charge in [-0.05, 0) is 7.28 Å². The summed E-state index contributed by atoms with van der Waals surface area (Å²) in [7, 11) is 1.85. The van der Waals surface area contributed by atoms with Gasteiger partial charge in [0.25, 0.3) is 0 Å². The normalized spacial score (nSPS) is 10.2. The first kappa shape index (κ1) is 25.0. The van der Waals surface area contributed by atoms with E-state index in [2.05, 4.69) is 24.2 Å². The van der Waals surface area contributed by atoms with Gasteiger partial charge >= 0.3 is 21.1 Å². The Morgan fingerprint density at radius 1 is 1.10 bits per heavy atom. The SMILES string of the molecule is CC.C[B][C-]=CC=[C-]/C=C/[C-]=Cc1[c-]cccc1.[W+2].[Y]. The van der Waals surface area contributed by atoms with Crippen LogP contribution in [0.1, 0.15) is 19.4 Å². The van der Waals surface area contributed by atoms with E-state index in [1.807, 2.05) is 58.3 Å². The maximum Gasteiger partial charge on any atom is 2.00 e. The van der Waals surface area contributed by atoms with Gasteiger partial charge in [0.05, 0.1) is 0 Å². The molecule has 0 bridgehead atoms. The van der Waals surface area contributed by atoms with Crippen LogP contribution in [0.2, 0.25) is 6.82 Å². The van der Waals surface area contributed by atoms with Crippen molar-refractivity contribution < 1.29 is 53.8 Å². The third kappa shape index (κ3) is 16.1. The molecule has 0 fully saturated rings. The molecule has 0 amide bonds. The van der Waals surface area contributed by atoms with Crippen LogP contribution in [0.5, 0.6) is 0 Å². The summed E-state index contributed by atoms with van der Waals surface area (Å²) in [4.78, 5) is 0. The van der Waals surface area contributed by atoms with Gasteiger partial charge in [-0.2, -0.15) is 18.2 Å². The standard InChI is InChI=1S/C15H12B.C2H6.W.Y/c1-16-14-10-5-3-2-4-7-11-15-12-8-6-9-13-15;1-2;;/h2,4-6,8-12H,1H3;1-2H3;;/q-4;;+2;/b4-2+;;;. The summed E-state index contributed by atoms with van der Waals surface area (Å²) in [6.07, 6.45) is 15.1. The molecule has 100 valence electrons. The maximum absolute atomic E-state index is 3.09. The zero-order chi connectivity index (χ0) is 13.5. The predicted octanol–water partition coefficient (Wildman–Crippen LogP) is 4.31. The van der Waals surface area contributed by atoms with Crippen LogP contribution in [-0.2, 0) is 53.8 Å². The van der Waals surface area contributed by atoms with Crippen molar-refractivity contribution in [3.05, 3.63) is 78.3 Å². The van der Waals surface area contributed by atoms with Crippen LogP contribution in [0.15, 0.2) is 48.6 Å². The van der Waals surface area contributed by atoms with E-state index in [-0.39, 0.29) is 53.8 Å². The second-order valence-electron chi connectivity index (χ2n) is 2.92. The predicted molar refractivity (Wildman–Crippen MR) is 80.7 cm³/mol. The fourth-order valence-electron chi connectivity index (χ4n) is 0.979. The summed E-state index contributed by atoms with van der Waals surface area (Å²) in [5.41, 5.74) is 1.02. The van der Waals surface area contributed by atoms with Crippen molar-refractivity contribution in [3.63, 3.8) is 0 Å². The third-order valence-electron chi connectivity index (χ3n) is 1.69. The quantitative estimate of drug-likeness (QED) is 0.318. The van der Waals surface area contributed by atoms with E-state index in [1.165, 1.54) is 0 Å². The van der Waals surface area contributed by atoms with Gasteiger partial charge in [0.2, 0.25) is 0 Å². The first-order chi connectivity index (χ1) is 8.93. The average Bonchev–Trinajstić information content (AvgIpc) is 2.45. The largest absolute Gasteiger partial charge is 2.00 e. The van der Waals surface area contributed by atoms with E-state index in [4.69, 9.17) is 0 Å². The molecule has 0 saturated carbocycles. The Bertz CT molecular complexity index is 395. The van der Waals surface area contributed by atoms with Gasteiger partial charge in [-0.15, -0.1) is 12.9 Å². The van der Waals surface area contributed by atoms with Crippen molar-refractivity contribution in [1.29, 1.82) is 0 Å². The maximum atomic E-state index is 3.09. The zero-order valence-corrected chi connectivity index (χ0v) is 18.0. The van der Waals surface area contributed by atoms with E-state index >= 15 is 0 Å². The molecule has 0 aliphatic heterocycles. The van der Waals surface area contributed by atoms with Gasteiger partial charge in [0, 0.05) is 32.7 Å². The van der Waals surface area contributed by atoms with Crippen molar-refractivity contribution in [2.24, 2.45) is 0 Å². The summed E-state index contributed by atoms with van der Waals surface area (Å²) in [5.74, 6) is 2.93. The molecule has 0 N–H and O–H groups in total. The molecule has 0 aromatic heterocycles. The molecule has 0 spiro atoms. The Kier molecular flexibility index (Phi) is 26.7. The number of allylic oxidation sites excluding steroid dienone is 6. The summed E-state index contributed by atoms with van der Waals surface area (Å²) in [5, 5.41) is 0. The molecule has 2 radical (unpaired) electrons. The van der Waals surface area contributed by atoms with Gasteiger partial charge < -0.3 is 30.3 Å². The van der Waals surface area contributed by atoms with Crippen molar-refractivity contribution in [2.45, 2.75) is 20.7 Å².